The second kappa shape index (κ2) is 6.01. The number of hydrazone groups is 1. The summed E-state index contributed by atoms with van der Waals surface area (Å²) in [6.45, 7) is 3.56. The lowest BCUT2D eigenvalue weighted by Gasteiger charge is -1.98. The molecule has 2 rings (SSSR count). The zero-order valence-electron chi connectivity index (χ0n) is 10.6. The minimum Gasteiger partial charge on any atom is -0.466 e. The van der Waals surface area contributed by atoms with Gasteiger partial charge in [-0.1, -0.05) is 18.2 Å². The molecule has 0 unspecified atom stereocenters. The zero-order chi connectivity index (χ0) is 13.8. The van der Waals surface area contributed by atoms with Gasteiger partial charge < -0.3 is 4.42 Å². The van der Waals surface area contributed by atoms with Crippen molar-refractivity contribution >= 4 is 34.7 Å². The van der Waals surface area contributed by atoms with Gasteiger partial charge >= 0.3 is 0 Å². The Morgan fingerprint density at radius 3 is 2.74 bits per heavy atom. The molecule has 98 valence electrons. The van der Waals surface area contributed by atoms with E-state index in [1.54, 1.807) is 26.1 Å². The molecule has 0 saturated carbocycles. The summed E-state index contributed by atoms with van der Waals surface area (Å²) in [6.07, 6.45) is 1.63. The largest absolute Gasteiger partial charge is 0.466 e. The first-order valence-electron chi connectivity index (χ1n) is 5.73. The number of carbonyl (C=O) groups is 1. The SMILES string of the molecule is Cc1cc(C(=O)NN=Cc2ccccc2I)c(C)o1. The van der Waals surface area contributed by atoms with Crippen LogP contribution in [0.4, 0.5) is 0 Å². The number of carbonyl (C=O) groups excluding carboxylic acids is 1. The standard InChI is InChI=1S/C14H13IN2O2/c1-9-7-12(10(2)19-9)14(18)17-16-8-11-5-3-4-6-13(11)15/h3-8H,1-2H3,(H,17,18). The highest BCUT2D eigenvalue weighted by atomic mass is 127. The van der Waals surface area contributed by atoms with Crippen LogP contribution < -0.4 is 5.43 Å². The van der Waals surface area contributed by atoms with Gasteiger partial charge in [-0.2, -0.15) is 5.10 Å². The third kappa shape index (κ3) is 3.44. The molecule has 0 radical (unpaired) electrons. The highest BCUT2D eigenvalue weighted by Gasteiger charge is 2.12. The Bertz CT molecular complexity index is 632. The second-order valence-corrected chi connectivity index (χ2v) is 5.21. The maximum Gasteiger partial charge on any atom is 0.274 e. The van der Waals surface area contributed by atoms with Crippen LogP contribution in [0.5, 0.6) is 0 Å². The van der Waals surface area contributed by atoms with Crippen LogP contribution in [0.1, 0.15) is 27.4 Å². The lowest BCUT2D eigenvalue weighted by atomic mass is 10.2. The van der Waals surface area contributed by atoms with Gasteiger partial charge in [0.15, 0.2) is 0 Å². The van der Waals surface area contributed by atoms with Crippen molar-refractivity contribution in [3.05, 3.63) is 56.5 Å². The summed E-state index contributed by atoms with van der Waals surface area (Å²) in [7, 11) is 0. The van der Waals surface area contributed by atoms with Crippen molar-refractivity contribution in [1.82, 2.24) is 5.43 Å². The fourth-order valence-corrected chi connectivity index (χ4v) is 2.18. The number of furan rings is 1. The molecule has 1 heterocycles. The number of amides is 1. The number of aryl methyl sites for hydroxylation is 2. The van der Waals surface area contributed by atoms with E-state index in [1.807, 2.05) is 24.3 Å². The predicted octanol–water partition coefficient (Wildman–Crippen LogP) is 3.26. The minimum absolute atomic E-state index is 0.267. The van der Waals surface area contributed by atoms with Gasteiger partial charge in [0.05, 0.1) is 11.8 Å². The third-order valence-corrected chi connectivity index (χ3v) is 3.54. The van der Waals surface area contributed by atoms with E-state index < -0.39 is 0 Å². The van der Waals surface area contributed by atoms with Gasteiger partial charge in [0, 0.05) is 9.13 Å². The molecule has 0 aliphatic carbocycles. The van der Waals surface area contributed by atoms with Gasteiger partial charge in [-0.3, -0.25) is 4.79 Å². The van der Waals surface area contributed by atoms with E-state index in [1.165, 1.54) is 0 Å². The average molecular weight is 368 g/mol. The number of benzene rings is 1. The highest BCUT2D eigenvalue weighted by molar-refractivity contribution is 14.1. The van der Waals surface area contributed by atoms with E-state index in [9.17, 15) is 4.79 Å². The lowest BCUT2D eigenvalue weighted by Crippen LogP contribution is -2.17. The quantitative estimate of drug-likeness (QED) is 0.514. The molecule has 0 saturated heterocycles. The van der Waals surface area contributed by atoms with Crippen molar-refractivity contribution < 1.29 is 9.21 Å². The fraction of sp³-hybridized carbons (Fsp3) is 0.143. The fourth-order valence-electron chi connectivity index (χ4n) is 1.66. The van der Waals surface area contributed by atoms with Crippen molar-refractivity contribution in [2.75, 3.05) is 0 Å². The van der Waals surface area contributed by atoms with E-state index in [2.05, 4.69) is 33.1 Å². The predicted molar refractivity (Wildman–Crippen MR) is 82.4 cm³/mol. The van der Waals surface area contributed by atoms with Crippen molar-refractivity contribution in [1.29, 1.82) is 0 Å². The molecular formula is C14H13IN2O2. The Labute approximate surface area is 125 Å². The third-order valence-electron chi connectivity index (χ3n) is 2.56. The molecule has 4 nitrogen and oxygen atoms in total. The maximum atomic E-state index is 11.9. The van der Waals surface area contributed by atoms with Crippen LogP contribution in [-0.4, -0.2) is 12.1 Å². The molecule has 5 heteroatoms. The Balaban J connectivity index is 2.05. The molecule has 2 aromatic rings. The van der Waals surface area contributed by atoms with Gasteiger partial charge in [0.2, 0.25) is 0 Å². The van der Waals surface area contributed by atoms with Crippen LogP contribution in [0.25, 0.3) is 0 Å². The van der Waals surface area contributed by atoms with Gasteiger partial charge in [-0.25, -0.2) is 5.43 Å². The summed E-state index contributed by atoms with van der Waals surface area (Å²) in [4.78, 5) is 11.9. The Hall–Kier alpha value is -1.63. The first-order valence-corrected chi connectivity index (χ1v) is 6.81. The molecule has 0 fully saturated rings. The first-order chi connectivity index (χ1) is 9.08. The number of nitrogens with zero attached hydrogens (tertiary/aromatic N) is 1. The van der Waals surface area contributed by atoms with Crippen LogP contribution in [-0.2, 0) is 0 Å². The summed E-state index contributed by atoms with van der Waals surface area (Å²) < 4.78 is 6.38. The van der Waals surface area contributed by atoms with Gasteiger partial charge in [0.25, 0.3) is 5.91 Å². The van der Waals surface area contributed by atoms with Crippen LogP contribution in [0.2, 0.25) is 0 Å². The van der Waals surface area contributed by atoms with Crippen molar-refractivity contribution in [2.24, 2.45) is 5.10 Å². The maximum absolute atomic E-state index is 11.9. The number of hydrogen-bond acceptors (Lipinski definition) is 3. The second-order valence-electron chi connectivity index (χ2n) is 4.05. The van der Waals surface area contributed by atoms with E-state index in [4.69, 9.17) is 4.42 Å². The molecule has 0 atom stereocenters. The molecule has 1 N–H and O–H groups in total. The molecule has 1 aromatic carbocycles. The molecule has 0 bridgehead atoms. The summed E-state index contributed by atoms with van der Waals surface area (Å²) in [6, 6.07) is 9.49. The number of rotatable bonds is 3. The molecule has 0 aliphatic rings. The normalized spacial score (nSPS) is 10.9. The Morgan fingerprint density at radius 1 is 1.37 bits per heavy atom. The molecule has 1 amide bonds. The number of halogens is 1. The van der Waals surface area contributed by atoms with Crippen LogP contribution in [0.15, 0.2) is 39.9 Å². The molecule has 19 heavy (non-hydrogen) atoms. The van der Waals surface area contributed by atoms with E-state index in [0.29, 0.717) is 17.1 Å². The van der Waals surface area contributed by atoms with Crippen LogP contribution in [0.3, 0.4) is 0 Å². The minimum atomic E-state index is -0.267. The van der Waals surface area contributed by atoms with Crippen molar-refractivity contribution in [2.45, 2.75) is 13.8 Å². The molecule has 1 aromatic heterocycles. The molecule has 0 aliphatic heterocycles. The smallest absolute Gasteiger partial charge is 0.274 e. The number of hydrogen-bond donors (Lipinski definition) is 1. The van der Waals surface area contributed by atoms with Crippen molar-refractivity contribution in [3.63, 3.8) is 0 Å². The first kappa shape index (κ1) is 13.8. The van der Waals surface area contributed by atoms with Crippen LogP contribution >= 0.6 is 22.6 Å². The molecule has 0 spiro atoms. The van der Waals surface area contributed by atoms with Crippen LogP contribution in [0, 0.1) is 17.4 Å². The number of nitrogens with one attached hydrogen (secondary N) is 1. The zero-order valence-corrected chi connectivity index (χ0v) is 12.8. The van der Waals surface area contributed by atoms with E-state index in [-0.39, 0.29) is 5.91 Å². The summed E-state index contributed by atoms with van der Waals surface area (Å²) in [5.41, 5.74) is 3.97. The van der Waals surface area contributed by atoms with E-state index in [0.717, 1.165) is 9.13 Å². The monoisotopic (exact) mass is 368 g/mol. The Kier molecular flexibility index (Phi) is 4.36. The van der Waals surface area contributed by atoms with Gasteiger partial charge in [-0.15, -0.1) is 0 Å². The summed E-state index contributed by atoms with van der Waals surface area (Å²) >= 11 is 2.22. The summed E-state index contributed by atoms with van der Waals surface area (Å²) in [5.74, 6) is 1.04. The highest BCUT2D eigenvalue weighted by Crippen LogP contribution is 2.13. The lowest BCUT2D eigenvalue weighted by molar-refractivity contribution is 0.0953. The Morgan fingerprint density at radius 2 is 2.11 bits per heavy atom. The average Bonchev–Trinajstić information content (AvgIpc) is 2.71. The molecular weight excluding hydrogens is 355 g/mol. The van der Waals surface area contributed by atoms with Gasteiger partial charge in [-0.05, 0) is 48.6 Å². The summed E-state index contributed by atoms with van der Waals surface area (Å²) in [5, 5.41) is 3.96. The van der Waals surface area contributed by atoms with Gasteiger partial charge in [0.1, 0.15) is 11.5 Å². The topological polar surface area (TPSA) is 54.6 Å². The van der Waals surface area contributed by atoms with Crippen molar-refractivity contribution in [3.8, 4) is 0 Å². The van der Waals surface area contributed by atoms with E-state index >= 15 is 0 Å².